The molecule has 158 valence electrons. The van der Waals surface area contributed by atoms with Crippen molar-refractivity contribution >= 4 is 42.3 Å². The molecule has 6 nitrogen and oxygen atoms in total. The molecule has 2 unspecified atom stereocenters. The lowest BCUT2D eigenvalue weighted by Crippen LogP contribution is -2.52. The van der Waals surface area contributed by atoms with Crippen LogP contribution in [-0.4, -0.2) is 22.3 Å². The van der Waals surface area contributed by atoms with Gasteiger partial charge in [0.05, 0.1) is 17.8 Å². The third-order valence-corrected chi connectivity index (χ3v) is 5.17. The van der Waals surface area contributed by atoms with Crippen molar-refractivity contribution in [2.24, 2.45) is 11.7 Å². The summed E-state index contributed by atoms with van der Waals surface area (Å²) in [7, 11) is 0. The lowest BCUT2D eigenvalue weighted by atomic mass is 9.74. The molecule has 2 amide bonds. The van der Waals surface area contributed by atoms with Crippen LogP contribution in [0.3, 0.4) is 0 Å². The van der Waals surface area contributed by atoms with Gasteiger partial charge in [0.1, 0.15) is 0 Å². The molecule has 0 spiro atoms. The van der Waals surface area contributed by atoms with E-state index < -0.39 is 5.54 Å². The fourth-order valence-corrected chi connectivity index (χ4v) is 3.52. The lowest BCUT2D eigenvalue weighted by molar-refractivity contribution is -0.128. The van der Waals surface area contributed by atoms with Crippen LogP contribution in [0, 0.1) is 5.92 Å². The molecule has 4 N–H and O–H groups in total. The zero-order valence-corrected chi connectivity index (χ0v) is 18.0. The SMILES string of the molecule is CC1(N)CCCCC1C(=O)NCc1ccc(C(=O)Nc2cccnc2)cc1.Cl.Cl. The predicted molar refractivity (Wildman–Crippen MR) is 120 cm³/mol. The highest BCUT2D eigenvalue weighted by molar-refractivity contribution is 6.04. The number of amides is 2. The van der Waals surface area contributed by atoms with Gasteiger partial charge in [-0.15, -0.1) is 24.8 Å². The Morgan fingerprint density at radius 1 is 1.17 bits per heavy atom. The molecule has 0 aliphatic heterocycles. The van der Waals surface area contributed by atoms with E-state index >= 15 is 0 Å². The first-order valence-corrected chi connectivity index (χ1v) is 9.32. The van der Waals surface area contributed by atoms with Crippen LogP contribution in [0.4, 0.5) is 5.69 Å². The zero-order chi connectivity index (χ0) is 19.3. The van der Waals surface area contributed by atoms with Crippen LogP contribution in [0.1, 0.15) is 48.5 Å². The summed E-state index contributed by atoms with van der Waals surface area (Å²) in [5, 5.41) is 5.78. The number of nitrogens with one attached hydrogen (secondary N) is 2. The van der Waals surface area contributed by atoms with E-state index in [2.05, 4.69) is 15.6 Å². The van der Waals surface area contributed by atoms with Gasteiger partial charge in [-0.05, 0) is 49.6 Å². The summed E-state index contributed by atoms with van der Waals surface area (Å²) in [6, 6.07) is 10.7. The Morgan fingerprint density at radius 2 is 1.90 bits per heavy atom. The van der Waals surface area contributed by atoms with Gasteiger partial charge in [0.15, 0.2) is 0 Å². The Kier molecular flexibility index (Phi) is 9.56. The monoisotopic (exact) mass is 438 g/mol. The summed E-state index contributed by atoms with van der Waals surface area (Å²) in [5.41, 5.74) is 8.01. The molecule has 29 heavy (non-hydrogen) atoms. The Balaban J connectivity index is 0.00000210. The van der Waals surface area contributed by atoms with E-state index in [-0.39, 0.29) is 42.5 Å². The summed E-state index contributed by atoms with van der Waals surface area (Å²) in [4.78, 5) is 28.7. The van der Waals surface area contributed by atoms with Crippen molar-refractivity contribution in [1.82, 2.24) is 10.3 Å². The van der Waals surface area contributed by atoms with Crippen molar-refractivity contribution in [3.63, 3.8) is 0 Å². The summed E-state index contributed by atoms with van der Waals surface area (Å²) in [6.07, 6.45) is 7.10. The number of rotatable bonds is 5. The first kappa shape index (κ1) is 24.9. The van der Waals surface area contributed by atoms with E-state index in [4.69, 9.17) is 5.73 Å². The fraction of sp³-hybridized carbons (Fsp3) is 0.381. The maximum absolute atomic E-state index is 12.5. The Labute approximate surface area is 183 Å². The summed E-state index contributed by atoms with van der Waals surface area (Å²) >= 11 is 0. The second-order valence-electron chi connectivity index (χ2n) is 7.41. The van der Waals surface area contributed by atoms with Gasteiger partial charge in [-0.2, -0.15) is 0 Å². The van der Waals surface area contributed by atoms with Crippen LogP contribution in [0.5, 0.6) is 0 Å². The number of anilines is 1. The van der Waals surface area contributed by atoms with E-state index in [0.29, 0.717) is 17.8 Å². The maximum Gasteiger partial charge on any atom is 0.255 e. The number of hydrogen-bond donors (Lipinski definition) is 3. The number of carbonyl (C=O) groups is 2. The molecule has 1 saturated carbocycles. The van der Waals surface area contributed by atoms with Crippen molar-refractivity contribution in [2.75, 3.05) is 5.32 Å². The second kappa shape index (κ2) is 11.1. The second-order valence-corrected chi connectivity index (χ2v) is 7.41. The topological polar surface area (TPSA) is 97.1 Å². The molecule has 8 heteroatoms. The molecular formula is C21H28Cl2N4O2. The average molecular weight is 439 g/mol. The van der Waals surface area contributed by atoms with Gasteiger partial charge in [0, 0.05) is 23.8 Å². The molecule has 1 aromatic carbocycles. The molecule has 3 rings (SSSR count). The Bertz CT molecular complexity index is 798. The largest absolute Gasteiger partial charge is 0.352 e. The van der Waals surface area contributed by atoms with E-state index in [1.165, 1.54) is 0 Å². The predicted octanol–water partition coefficient (Wildman–Crippen LogP) is 3.70. The first-order valence-electron chi connectivity index (χ1n) is 9.32. The van der Waals surface area contributed by atoms with E-state index in [9.17, 15) is 9.59 Å². The van der Waals surface area contributed by atoms with E-state index in [1.54, 1.807) is 36.7 Å². The van der Waals surface area contributed by atoms with Crippen LogP contribution in [-0.2, 0) is 11.3 Å². The highest BCUT2D eigenvalue weighted by atomic mass is 35.5. The van der Waals surface area contributed by atoms with Crippen LogP contribution >= 0.6 is 24.8 Å². The summed E-state index contributed by atoms with van der Waals surface area (Å²) < 4.78 is 0. The van der Waals surface area contributed by atoms with Crippen LogP contribution in [0.25, 0.3) is 0 Å². The molecule has 0 saturated heterocycles. The fourth-order valence-electron chi connectivity index (χ4n) is 3.52. The van der Waals surface area contributed by atoms with Gasteiger partial charge in [-0.3, -0.25) is 14.6 Å². The number of halogens is 2. The number of carbonyl (C=O) groups excluding carboxylic acids is 2. The quantitative estimate of drug-likeness (QED) is 0.662. The van der Waals surface area contributed by atoms with Crippen molar-refractivity contribution in [3.8, 4) is 0 Å². The number of hydrogen-bond acceptors (Lipinski definition) is 4. The van der Waals surface area contributed by atoms with Gasteiger partial charge < -0.3 is 16.4 Å². The first-order chi connectivity index (χ1) is 13.0. The highest BCUT2D eigenvalue weighted by Gasteiger charge is 2.37. The third-order valence-electron chi connectivity index (χ3n) is 5.17. The maximum atomic E-state index is 12.5. The minimum Gasteiger partial charge on any atom is -0.352 e. The van der Waals surface area contributed by atoms with Gasteiger partial charge in [0.2, 0.25) is 5.91 Å². The normalized spacial score (nSPS) is 20.6. The number of benzene rings is 1. The van der Waals surface area contributed by atoms with Gasteiger partial charge in [-0.25, -0.2) is 0 Å². The minimum atomic E-state index is -0.434. The number of pyridine rings is 1. The minimum absolute atomic E-state index is 0. The van der Waals surface area contributed by atoms with Gasteiger partial charge >= 0.3 is 0 Å². The van der Waals surface area contributed by atoms with Gasteiger partial charge in [0.25, 0.3) is 5.91 Å². The third kappa shape index (κ3) is 6.70. The molecule has 0 radical (unpaired) electrons. The Hall–Kier alpha value is -2.15. The molecule has 2 aromatic rings. The molecule has 1 fully saturated rings. The molecule has 1 aromatic heterocycles. The summed E-state index contributed by atoms with van der Waals surface area (Å²) in [6.45, 7) is 2.39. The Morgan fingerprint density at radius 3 is 2.52 bits per heavy atom. The molecule has 1 heterocycles. The molecule has 0 bridgehead atoms. The van der Waals surface area contributed by atoms with E-state index in [0.717, 1.165) is 31.2 Å². The zero-order valence-electron chi connectivity index (χ0n) is 16.4. The van der Waals surface area contributed by atoms with Crippen molar-refractivity contribution in [2.45, 2.75) is 44.7 Å². The van der Waals surface area contributed by atoms with Gasteiger partial charge in [-0.1, -0.05) is 25.0 Å². The van der Waals surface area contributed by atoms with Crippen molar-refractivity contribution in [3.05, 3.63) is 59.9 Å². The summed E-state index contributed by atoms with van der Waals surface area (Å²) in [5.74, 6) is -0.325. The number of nitrogens with two attached hydrogens (primary N) is 1. The standard InChI is InChI=1S/C21H26N4O2.2ClH/c1-21(22)11-3-2-6-18(21)20(27)24-13-15-7-9-16(10-8-15)19(26)25-17-5-4-12-23-14-17;;/h4-5,7-10,12,14,18H,2-3,6,11,13,22H2,1H3,(H,24,27)(H,25,26);2*1H. The molecular weight excluding hydrogens is 411 g/mol. The average Bonchev–Trinajstić information content (AvgIpc) is 2.67. The lowest BCUT2D eigenvalue weighted by Gasteiger charge is -2.37. The highest BCUT2D eigenvalue weighted by Crippen LogP contribution is 2.31. The molecule has 1 aliphatic carbocycles. The number of nitrogens with zero attached hydrogens (tertiary/aromatic N) is 1. The molecule has 2 atom stereocenters. The van der Waals surface area contributed by atoms with E-state index in [1.807, 2.05) is 19.1 Å². The van der Waals surface area contributed by atoms with Crippen LogP contribution in [0.2, 0.25) is 0 Å². The molecule has 1 aliphatic rings. The van der Waals surface area contributed by atoms with Crippen molar-refractivity contribution in [1.29, 1.82) is 0 Å². The number of aromatic nitrogens is 1. The van der Waals surface area contributed by atoms with Crippen LogP contribution < -0.4 is 16.4 Å². The smallest absolute Gasteiger partial charge is 0.255 e. The van der Waals surface area contributed by atoms with Crippen LogP contribution in [0.15, 0.2) is 48.8 Å². The van der Waals surface area contributed by atoms with Crippen molar-refractivity contribution < 1.29 is 9.59 Å².